The molecule has 0 atom stereocenters. The number of H-pyrrole nitrogens is 1. The van der Waals surface area contributed by atoms with Crippen LogP contribution in [0.2, 0.25) is 0 Å². The van der Waals surface area contributed by atoms with E-state index in [0.29, 0.717) is 11.2 Å². The Labute approximate surface area is 88.5 Å². The molecule has 9 nitrogen and oxygen atoms in total. The Hall–Kier alpha value is -2.42. The molecule has 0 bridgehead atoms. The molecule has 0 saturated heterocycles. The van der Waals surface area contributed by atoms with Gasteiger partial charge in [0, 0.05) is 0 Å². The van der Waals surface area contributed by atoms with Crippen LogP contribution in [0.4, 0.5) is 11.8 Å². The quantitative estimate of drug-likeness (QED) is 0.444. The molecule has 2 aromatic heterocycles. The minimum absolute atomic E-state index is 0.0681. The Balaban J connectivity index is 2.35. The van der Waals surface area contributed by atoms with Crippen LogP contribution in [0.15, 0.2) is 6.33 Å². The summed E-state index contributed by atoms with van der Waals surface area (Å²) in [6, 6.07) is 0. The van der Waals surface area contributed by atoms with Crippen molar-refractivity contribution in [2.45, 2.75) is 0 Å². The normalized spacial score (nSPS) is 10.3. The Bertz CT molecular complexity index is 524. The summed E-state index contributed by atoms with van der Waals surface area (Å²) in [5, 5.41) is 19.8. The van der Waals surface area contributed by atoms with E-state index in [1.165, 1.54) is 6.33 Å². The third kappa shape index (κ3) is 1.83. The molecule has 0 fully saturated rings. The van der Waals surface area contributed by atoms with Gasteiger partial charge < -0.3 is 15.4 Å². The number of aliphatic carboxylic acids is 1. The van der Waals surface area contributed by atoms with Gasteiger partial charge >= 0.3 is 5.97 Å². The zero-order chi connectivity index (χ0) is 11.5. The number of carboxylic acids is 1. The largest absolute Gasteiger partial charge is 0.480 e. The van der Waals surface area contributed by atoms with Crippen molar-refractivity contribution >= 4 is 28.9 Å². The molecule has 0 unspecified atom stereocenters. The zero-order valence-corrected chi connectivity index (χ0v) is 7.93. The van der Waals surface area contributed by atoms with Crippen LogP contribution < -0.4 is 10.8 Å². The second kappa shape index (κ2) is 3.98. The SMILES string of the molecule is O=C(O)CNc1nc(NO)c2[nH]cnc2n1. The van der Waals surface area contributed by atoms with Crippen molar-refractivity contribution in [2.24, 2.45) is 0 Å². The summed E-state index contributed by atoms with van der Waals surface area (Å²) in [5.41, 5.74) is 2.63. The molecule has 16 heavy (non-hydrogen) atoms. The van der Waals surface area contributed by atoms with Crippen LogP contribution >= 0.6 is 0 Å². The van der Waals surface area contributed by atoms with E-state index in [1.54, 1.807) is 0 Å². The Morgan fingerprint density at radius 3 is 3.00 bits per heavy atom. The van der Waals surface area contributed by atoms with Gasteiger partial charge in [0.2, 0.25) is 5.95 Å². The zero-order valence-electron chi connectivity index (χ0n) is 7.93. The summed E-state index contributed by atoms with van der Waals surface area (Å²) >= 11 is 0. The van der Waals surface area contributed by atoms with E-state index in [0.717, 1.165) is 0 Å². The Kier molecular flexibility index (Phi) is 2.52. The van der Waals surface area contributed by atoms with Crippen molar-refractivity contribution in [1.82, 2.24) is 19.9 Å². The predicted molar refractivity (Wildman–Crippen MR) is 53.2 cm³/mol. The monoisotopic (exact) mass is 224 g/mol. The first-order valence-corrected chi connectivity index (χ1v) is 4.27. The fourth-order valence-electron chi connectivity index (χ4n) is 1.15. The van der Waals surface area contributed by atoms with Gasteiger partial charge in [-0.05, 0) is 0 Å². The summed E-state index contributed by atoms with van der Waals surface area (Å²) in [5.74, 6) is -0.849. The van der Waals surface area contributed by atoms with Crippen molar-refractivity contribution in [3.63, 3.8) is 0 Å². The van der Waals surface area contributed by atoms with Crippen molar-refractivity contribution in [1.29, 1.82) is 0 Å². The van der Waals surface area contributed by atoms with E-state index in [9.17, 15) is 4.79 Å². The fourth-order valence-corrected chi connectivity index (χ4v) is 1.15. The highest BCUT2D eigenvalue weighted by atomic mass is 16.5. The lowest BCUT2D eigenvalue weighted by Crippen LogP contribution is -2.14. The third-order valence-electron chi connectivity index (χ3n) is 1.79. The topological polar surface area (TPSA) is 136 Å². The van der Waals surface area contributed by atoms with E-state index in [4.69, 9.17) is 10.3 Å². The average molecular weight is 224 g/mol. The summed E-state index contributed by atoms with van der Waals surface area (Å²) in [6.45, 7) is -0.319. The number of fused-ring (bicyclic) bond motifs is 1. The highest BCUT2D eigenvalue weighted by Crippen LogP contribution is 2.17. The molecule has 84 valence electrons. The van der Waals surface area contributed by atoms with Crippen LogP contribution in [0.25, 0.3) is 11.2 Å². The number of nitrogens with zero attached hydrogens (tertiary/aromatic N) is 3. The number of nitrogens with one attached hydrogen (secondary N) is 3. The van der Waals surface area contributed by atoms with Crippen LogP contribution in [0.1, 0.15) is 0 Å². The number of carboxylic acid groups (broad SMARTS) is 1. The molecule has 9 heteroatoms. The lowest BCUT2D eigenvalue weighted by Gasteiger charge is -2.04. The van der Waals surface area contributed by atoms with Gasteiger partial charge in [-0.15, -0.1) is 0 Å². The van der Waals surface area contributed by atoms with Gasteiger partial charge in [0.15, 0.2) is 11.5 Å². The number of imidazole rings is 1. The van der Waals surface area contributed by atoms with Gasteiger partial charge in [0.05, 0.1) is 6.33 Å². The van der Waals surface area contributed by atoms with Crippen LogP contribution in [0.3, 0.4) is 0 Å². The van der Waals surface area contributed by atoms with Crippen molar-refractivity contribution < 1.29 is 15.1 Å². The van der Waals surface area contributed by atoms with Gasteiger partial charge in [0.25, 0.3) is 0 Å². The third-order valence-corrected chi connectivity index (χ3v) is 1.79. The Morgan fingerprint density at radius 1 is 1.50 bits per heavy atom. The number of anilines is 2. The highest BCUT2D eigenvalue weighted by Gasteiger charge is 2.09. The molecule has 2 heterocycles. The van der Waals surface area contributed by atoms with Gasteiger partial charge in [-0.1, -0.05) is 0 Å². The van der Waals surface area contributed by atoms with Gasteiger partial charge in [-0.25, -0.2) is 4.98 Å². The highest BCUT2D eigenvalue weighted by molar-refractivity contribution is 5.83. The maximum absolute atomic E-state index is 10.3. The van der Waals surface area contributed by atoms with Crippen LogP contribution in [-0.4, -0.2) is 42.8 Å². The smallest absolute Gasteiger partial charge is 0.322 e. The molecular weight excluding hydrogens is 216 g/mol. The summed E-state index contributed by atoms with van der Waals surface area (Å²) in [7, 11) is 0. The number of hydrogen-bond acceptors (Lipinski definition) is 7. The van der Waals surface area contributed by atoms with E-state index < -0.39 is 5.97 Å². The molecule has 2 aromatic rings. The van der Waals surface area contributed by atoms with E-state index in [-0.39, 0.29) is 18.3 Å². The number of hydrogen-bond donors (Lipinski definition) is 5. The fraction of sp³-hybridized carbons (Fsp3) is 0.143. The lowest BCUT2D eigenvalue weighted by molar-refractivity contribution is -0.134. The lowest BCUT2D eigenvalue weighted by atomic mass is 10.5. The van der Waals surface area contributed by atoms with Crippen molar-refractivity contribution in [3.8, 4) is 0 Å². The minimum Gasteiger partial charge on any atom is -0.480 e. The molecular formula is C7H8N6O3. The molecule has 0 aromatic carbocycles. The molecule has 0 radical (unpaired) electrons. The molecule has 2 rings (SSSR count). The van der Waals surface area contributed by atoms with Crippen molar-refractivity contribution in [2.75, 3.05) is 17.3 Å². The molecule has 0 amide bonds. The summed E-state index contributed by atoms with van der Waals surface area (Å²) in [6.07, 6.45) is 1.39. The molecule has 0 aliphatic rings. The number of aromatic nitrogens is 4. The molecule has 5 N–H and O–H groups in total. The minimum atomic E-state index is -1.04. The van der Waals surface area contributed by atoms with Gasteiger partial charge in [0.1, 0.15) is 12.1 Å². The first-order valence-electron chi connectivity index (χ1n) is 4.27. The summed E-state index contributed by atoms with van der Waals surface area (Å²) < 4.78 is 0. The molecule has 0 aliphatic heterocycles. The number of aromatic amines is 1. The second-order valence-corrected chi connectivity index (χ2v) is 2.86. The number of rotatable bonds is 4. The first-order chi connectivity index (χ1) is 7.70. The average Bonchev–Trinajstić information content (AvgIpc) is 2.73. The van der Waals surface area contributed by atoms with Crippen LogP contribution in [-0.2, 0) is 4.79 Å². The maximum Gasteiger partial charge on any atom is 0.322 e. The van der Waals surface area contributed by atoms with Crippen LogP contribution in [0, 0.1) is 0 Å². The Morgan fingerprint density at radius 2 is 2.31 bits per heavy atom. The maximum atomic E-state index is 10.3. The van der Waals surface area contributed by atoms with Crippen molar-refractivity contribution in [3.05, 3.63) is 6.33 Å². The molecule has 0 aliphatic carbocycles. The number of carbonyl (C=O) groups is 1. The second-order valence-electron chi connectivity index (χ2n) is 2.86. The van der Waals surface area contributed by atoms with Crippen LogP contribution in [0.5, 0.6) is 0 Å². The standard InChI is InChI=1S/C7H8N6O3/c14-3(15)1-8-7-11-5-4(9-2-10-5)6(12-7)13-16/h2,16H,1H2,(H,14,15)(H3,8,9,10,11,12,13). The van der Waals surface area contributed by atoms with Gasteiger partial charge in [-0.3, -0.25) is 15.5 Å². The first kappa shape index (κ1) is 10.1. The molecule has 0 saturated carbocycles. The van der Waals surface area contributed by atoms with Gasteiger partial charge in [-0.2, -0.15) is 9.97 Å². The summed E-state index contributed by atoms with van der Waals surface area (Å²) in [4.78, 5) is 24.7. The van der Waals surface area contributed by atoms with E-state index >= 15 is 0 Å². The van der Waals surface area contributed by atoms with E-state index in [1.807, 2.05) is 5.48 Å². The predicted octanol–water partition coefficient (Wildman–Crippen LogP) is -0.350. The van der Waals surface area contributed by atoms with E-state index in [2.05, 4.69) is 25.3 Å². The molecule has 0 spiro atoms.